The number of ketones is 1. The van der Waals surface area contributed by atoms with Gasteiger partial charge in [0, 0.05) is 12.8 Å². The van der Waals surface area contributed by atoms with Crippen LogP contribution < -0.4 is 0 Å². The van der Waals surface area contributed by atoms with E-state index in [0.29, 0.717) is 11.7 Å². The highest BCUT2D eigenvalue weighted by molar-refractivity contribution is 5.78. The van der Waals surface area contributed by atoms with Gasteiger partial charge in [-0.3, -0.25) is 4.79 Å². The molecule has 0 N–H and O–H groups in total. The van der Waals surface area contributed by atoms with E-state index >= 15 is 0 Å². The third-order valence-electron chi connectivity index (χ3n) is 2.75. The number of carbonyl (C=O) groups is 1. The van der Waals surface area contributed by atoms with Crippen molar-refractivity contribution in [3.05, 3.63) is 35.9 Å². The van der Waals surface area contributed by atoms with Crippen molar-refractivity contribution in [1.29, 1.82) is 0 Å². The topological polar surface area (TPSA) is 17.1 Å². The molecule has 0 saturated heterocycles. The monoisotopic (exact) mass is 204 g/mol. The Morgan fingerprint density at radius 2 is 1.87 bits per heavy atom. The molecule has 1 heteroatoms. The van der Waals surface area contributed by atoms with Crippen LogP contribution in [0.2, 0.25) is 0 Å². The summed E-state index contributed by atoms with van der Waals surface area (Å²) in [7, 11) is 0. The summed E-state index contributed by atoms with van der Waals surface area (Å²) in [4.78, 5) is 11.4. The van der Waals surface area contributed by atoms with E-state index in [-0.39, 0.29) is 0 Å². The highest BCUT2D eigenvalue weighted by Gasteiger charge is 2.07. The molecule has 0 radical (unpaired) electrons. The number of hydrogen-bond acceptors (Lipinski definition) is 1. The van der Waals surface area contributed by atoms with Crippen molar-refractivity contribution in [2.75, 3.05) is 0 Å². The molecule has 0 fully saturated rings. The molecule has 0 aliphatic carbocycles. The highest BCUT2D eigenvalue weighted by atomic mass is 16.1. The molecule has 15 heavy (non-hydrogen) atoms. The molecule has 0 spiro atoms. The Bertz CT molecular complexity index is 289. The molecule has 0 aliphatic heterocycles. The fourth-order valence-electron chi connectivity index (χ4n) is 1.73. The molecule has 82 valence electrons. The largest absolute Gasteiger partial charge is 0.300 e. The van der Waals surface area contributed by atoms with Crippen LogP contribution in [-0.2, 0) is 4.79 Å². The summed E-state index contributed by atoms with van der Waals surface area (Å²) in [6, 6.07) is 10.4. The first-order chi connectivity index (χ1) is 7.24. The molecule has 1 unspecified atom stereocenters. The number of rotatable bonds is 6. The van der Waals surface area contributed by atoms with E-state index in [1.165, 1.54) is 5.56 Å². The molecule has 0 heterocycles. The standard InChI is InChI=1S/C14H20O/c1-3-7-14(15)11-10-12(2)13-8-5-4-6-9-13/h4-6,8-9,12H,3,7,10-11H2,1-2H3. The van der Waals surface area contributed by atoms with Gasteiger partial charge < -0.3 is 0 Å². The van der Waals surface area contributed by atoms with Crippen LogP contribution >= 0.6 is 0 Å². The van der Waals surface area contributed by atoms with Gasteiger partial charge in [0.1, 0.15) is 5.78 Å². The molecule has 0 amide bonds. The van der Waals surface area contributed by atoms with Crippen LogP contribution in [0.25, 0.3) is 0 Å². The molecule has 1 aromatic rings. The summed E-state index contributed by atoms with van der Waals surface area (Å²) in [5, 5.41) is 0. The van der Waals surface area contributed by atoms with Crippen LogP contribution in [0, 0.1) is 0 Å². The third-order valence-corrected chi connectivity index (χ3v) is 2.75. The van der Waals surface area contributed by atoms with E-state index in [4.69, 9.17) is 0 Å². The summed E-state index contributed by atoms with van der Waals surface area (Å²) in [6.07, 6.45) is 3.41. The fourth-order valence-corrected chi connectivity index (χ4v) is 1.73. The predicted molar refractivity (Wildman–Crippen MR) is 64.0 cm³/mol. The molecular weight excluding hydrogens is 184 g/mol. The number of benzene rings is 1. The van der Waals surface area contributed by atoms with E-state index in [1.54, 1.807) is 0 Å². The van der Waals surface area contributed by atoms with E-state index in [1.807, 2.05) is 6.07 Å². The summed E-state index contributed by atoms with van der Waals surface area (Å²) >= 11 is 0. The Kier molecular flexibility index (Phi) is 5.09. The molecule has 1 aromatic carbocycles. The third kappa shape index (κ3) is 4.28. The minimum absolute atomic E-state index is 0.403. The zero-order valence-corrected chi connectivity index (χ0v) is 9.70. The number of hydrogen-bond donors (Lipinski definition) is 0. The van der Waals surface area contributed by atoms with Crippen LogP contribution in [0.15, 0.2) is 30.3 Å². The van der Waals surface area contributed by atoms with Crippen molar-refractivity contribution in [2.24, 2.45) is 0 Å². The van der Waals surface area contributed by atoms with E-state index in [2.05, 4.69) is 38.1 Å². The summed E-state index contributed by atoms with van der Waals surface area (Å²) in [5.74, 6) is 0.896. The minimum atomic E-state index is 0.403. The van der Waals surface area contributed by atoms with Gasteiger partial charge in [-0.25, -0.2) is 0 Å². The number of Topliss-reactive ketones (excluding diaryl/α,β-unsaturated/α-hetero) is 1. The van der Waals surface area contributed by atoms with E-state index < -0.39 is 0 Å². The van der Waals surface area contributed by atoms with Gasteiger partial charge in [-0.2, -0.15) is 0 Å². The predicted octanol–water partition coefficient (Wildman–Crippen LogP) is 3.94. The van der Waals surface area contributed by atoms with Crippen molar-refractivity contribution in [3.63, 3.8) is 0 Å². The first-order valence-electron chi connectivity index (χ1n) is 5.80. The highest BCUT2D eigenvalue weighted by Crippen LogP contribution is 2.20. The van der Waals surface area contributed by atoms with Crippen molar-refractivity contribution in [1.82, 2.24) is 0 Å². The smallest absolute Gasteiger partial charge is 0.132 e. The molecule has 1 atom stereocenters. The molecule has 0 bridgehead atoms. The van der Waals surface area contributed by atoms with Crippen LogP contribution in [0.5, 0.6) is 0 Å². The SMILES string of the molecule is CCCC(=O)CCC(C)c1ccccc1. The van der Waals surface area contributed by atoms with Gasteiger partial charge >= 0.3 is 0 Å². The van der Waals surface area contributed by atoms with E-state index in [9.17, 15) is 4.79 Å². The van der Waals surface area contributed by atoms with Crippen LogP contribution in [0.4, 0.5) is 0 Å². The quantitative estimate of drug-likeness (QED) is 0.686. The molecule has 0 saturated carbocycles. The van der Waals surface area contributed by atoms with Gasteiger partial charge in [-0.1, -0.05) is 44.2 Å². The van der Waals surface area contributed by atoms with Crippen LogP contribution in [0.1, 0.15) is 51.0 Å². The first kappa shape index (κ1) is 12.0. The lowest BCUT2D eigenvalue weighted by Crippen LogP contribution is -2.01. The summed E-state index contributed by atoms with van der Waals surface area (Å²) in [5.41, 5.74) is 1.33. The maximum Gasteiger partial charge on any atom is 0.132 e. The van der Waals surface area contributed by atoms with Gasteiger partial charge in [-0.15, -0.1) is 0 Å². The second kappa shape index (κ2) is 6.39. The Morgan fingerprint density at radius 3 is 2.47 bits per heavy atom. The lowest BCUT2D eigenvalue weighted by Gasteiger charge is -2.10. The second-order valence-electron chi connectivity index (χ2n) is 4.14. The zero-order chi connectivity index (χ0) is 11.1. The fraction of sp³-hybridized carbons (Fsp3) is 0.500. The molecule has 1 rings (SSSR count). The van der Waals surface area contributed by atoms with Crippen LogP contribution in [0.3, 0.4) is 0 Å². The van der Waals surface area contributed by atoms with Crippen molar-refractivity contribution < 1.29 is 4.79 Å². The Hall–Kier alpha value is -1.11. The second-order valence-corrected chi connectivity index (χ2v) is 4.14. The average molecular weight is 204 g/mol. The van der Waals surface area contributed by atoms with Gasteiger partial charge in [-0.05, 0) is 24.3 Å². The Balaban J connectivity index is 2.37. The maximum atomic E-state index is 11.4. The van der Waals surface area contributed by atoms with Gasteiger partial charge in [0.05, 0.1) is 0 Å². The van der Waals surface area contributed by atoms with Crippen molar-refractivity contribution in [3.8, 4) is 0 Å². The number of carbonyl (C=O) groups excluding carboxylic acids is 1. The lowest BCUT2D eigenvalue weighted by molar-refractivity contribution is -0.119. The van der Waals surface area contributed by atoms with Gasteiger partial charge in [0.15, 0.2) is 0 Å². The summed E-state index contributed by atoms with van der Waals surface area (Å²) < 4.78 is 0. The summed E-state index contributed by atoms with van der Waals surface area (Å²) in [6.45, 7) is 4.24. The minimum Gasteiger partial charge on any atom is -0.300 e. The maximum absolute atomic E-state index is 11.4. The lowest BCUT2D eigenvalue weighted by atomic mass is 9.94. The molecule has 1 nitrogen and oxygen atoms in total. The van der Waals surface area contributed by atoms with Gasteiger partial charge in [0.25, 0.3) is 0 Å². The van der Waals surface area contributed by atoms with Crippen LogP contribution in [-0.4, -0.2) is 5.78 Å². The average Bonchev–Trinajstić information content (AvgIpc) is 2.27. The van der Waals surface area contributed by atoms with Gasteiger partial charge in [0.2, 0.25) is 0 Å². The van der Waals surface area contributed by atoms with E-state index in [0.717, 1.165) is 25.7 Å². The molecule has 0 aromatic heterocycles. The van der Waals surface area contributed by atoms with Crippen molar-refractivity contribution in [2.45, 2.75) is 45.4 Å². The first-order valence-corrected chi connectivity index (χ1v) is 5.80. The molecule has 0 aliphatic rings. The molecular formula is C14H20O. The van der Waals surface area contributed by atoms with Crippen molar-refractivity contribution >= 4 is 5.78 Å². The zero-order valence-electron chi connectivity index (χ0n) is 9.70. The Labute approximate surface area is 92.5 Å². The Morgan fingerprint density at radius 1 is 1.20 bits per heavy atom. The normalized spacial score (nSPS) is 12.4.